The Morgan fingerprint density at radius 3 is 2.83 bits per heavy atom. The second-order valence-electron chi connectivity index (χ2n) is 5.99. The maximum Gasteiger partial charge on any atom is 0.293 e. The van der Waals surface area contributed by atoms with Crippen LogP contribution in [0.2, 0.25) is 0 Å². The zero-order valence-electron chi connectivity index (χ0n) is 15.9. The van der Waals surface area contributed by atoms with Crippen LogP contribution in [0.25, 0.3) is 5.82 Å². The number of hydrogen-bond acceptors (Lipinski definition) is 9. The highest BCUT2D eigenvalue weighted by Crippen LogP contribution is 2.17. The van der Waals surface area contributed by atoms with Crippen molar-refractivity contribution >= 4 is 17.9 Å². The first-order valence-electron chi connectivity index (χ1n) is 8.87. The monoisotopic (exact) mass is 401 g/mol. The van der Waals surface area contributed by atoms with Gasteiger partial charge in [0.05, 0.1) is 11.9 Å². The van der Waals surface area contributed by atoms with E-state index < -0.39 is 11.7 Å². The van der Waals surface area contributed by atoms with Crippen molar-refractivity contribution in [3.8, 4) is 5.82 Å². The highest BCUT2D eigenvalue weighted by Gasteiger charge is 2.24. The molecular weight excluding hydrogens is 381 g/mol. The Labute approximate surface area is 165 Å². The second kappa shape index (κ2) is 9.01. The van der Waals surface area contributed by atoms with Crippen molar-refractivity contribution in [3.05, 3.63) is 47.0 Å². The molecule has 3 rings (SSSR count). The van der Waals surface area contributed by atoms with Crippen LogP contribution in [-0.2, 0) is 6.54 Å². The summed E-state index contributed by atoms with van der Waals surface area (Å²) in [6.07, 6.45) is 1.33. The van der Waals surface area contributed by atoms with Crippen molar-refractivity contribution in [2.24, 2.45) is 5.10 Å². The van der Waals surface area contributed by atoms with Crippen LogP contribution in [0, 0.1) is 5.82 Å². The number of nitrogen functional groups attached to an aromatic ring is 1. The Kier molecular flexibility index (Phi) is 6.24. The number of halogens is 1. The molecule has 0 saturated carbocycles. The molecule has 0 saturated heterocycles. The van der Waals surface area contributed by atoms with Crippen LogP contribution in [-0.4, -0.2) is 55.4 Å². The third-order valence-electron chi connectivity index (χ3n) is 4.17. The molecule has 2 aromatic heterocycles. The fraction of sp³-hybridized carbons (Fsp3) is 0.294. The summed E-state index contributed by atoms with van der Waals surface area (Å²) in [6.45, 7) is 5.84. The third-order valence-corrected chi connectivity index (χ3v) is 4.17. The SMILES string of the molecule is CCN(CC)Cc1c(C(=O)N/N=C/c2cccc(F)c2)nnn1-c1nonc1N. The van der Waals surface area contributed by atoms with Gasteiger partial charge in [0.25, 0.3) is 5.91 Å². The molecule has 11 nitrogen and oxygen atoms in total. The highest BCUT2D eigenvalue weighted by atomic mass is 19.1. The molecule has 0 atom stereocenters. The fourth-order valence-corrected chi connectivity index (χ4v) is 2.59. The van der Waals surface area contributed by atoms with Crippen LogP contribution in [0.3, 0.4) is 0 Å². The Morgan fingerprint density at radius 2 is 2.17 bits per heavy atom. The number of nitrogens with zero attached hydrogens (tertiary/aromatic N) is 7. The lowest BCUT2D eigenvalue weighted by atomic mass is 10.2. The Morgan fingerprint density at radius 1 is 1.38 bits per heavy atom. The summed E-state index contributed by atoms with van der Waals surface area (Å²) in [5, 5.41) is 19.0. The van der Waals surface area contributed by atoms with Crippen molar-refractivity contribution in [1.82, 2.24) is 35.6 Å². The number of rotatable bonds is 8. The number of nitrogens with one attached hydrogen (secondary N) is 1. The minimum atomic E-state index is -0.582. The first-order valence-corrected chi connectivity index (χ1v) is 8.87. The molecule has 29 heavy (non-hydrogen) atoms. The molecule has 152 valence electrons. The molecule has 0 unspecified atom stereocenters. The molecule has 2 heterocycles. The van der Waals surface area contributed by atoms with Crippen LogP contribution in [0.15, 0.2) is 34.0 Å². The summed E-state index contributed by atoms with van der Waals surface area (Å²) < 4.78 is 19.2. The summed E-state index contributed by atoms with van der Waals surface area (Å²) >= 11 is 0. The minimum Gasteiger partial charge on any atom is -0.378 e. The molecule has 0 fully saturated rings. The molecule has 0 spiro atoms. The van der Waals surface area contributed by atoms with E-state index in [0.29, 0.717) is 17.8 Å². The number of carbonyl (C=O) groups excluding carboxylic acids is 1. The van der Waals surface area contributed by atoms with Gasteiger partial charge in [-0.1, -0.05) is 31.2 Å². The standard InChI is InChI=1S/C17H20FN9O2/c1-3-26(4-2)10-13-14(21-25-27(13)16-15(19)23-29-24-16)17(28)22-20-9-11-6-5-7-12(18)8-11/h5-9H,3-4,10H2,1-2H3,(H2,19,23)(H,22,28)/b20-9+. The molecular formula is C17H20FN9O2. The number of carbonyl (C=O) groups is 1. The Hall–Kier alpha value is -3.67. The Bertz CT molecular complexity index is 1010. The van der Waals surface area contributed by atoms with Crippen LogP contribution in [0.5, 0.6) is 0 Å². The van der Waals surface area contributed by atoms with Gasteiger partial charge in [-0.05, 0) is 41.1 Å². The number of aromatic nitrogens is 5. The van der Waals surface area contributed by atoms with E-state index in [9.17, 15) is 9.18 Å². The maximum absolute atomic E-state index is 13.2. The van der Waals surface area contributed by atoms with Gasteiger partial charge in [-0.25, -0.2) is 14.4 Å². The highest BCUT2D eigenvalue weighted by molar-refractivity contribution is 5.94. The van der Waals surface area contributed by atoms with Gasteiger partial charge in [0.2, 0.25) is 11.6 Å². The predicted octanol–water partition coefficient (Wildman–Crippen LogP) is 0.977. The molecule has 3 N–H and O–H groups in total. The number of benzene rings is 1. The van der Waals surface area contributed by atoms with Crippen LogP contribution in [0.4, 0.5) is 10.2 Å². The van der Waals surface area contributed by atoms with E-state index in [-0.39, 0.29) is 17.3 Å². The van der Waals surface area contributed by atoms with E-state index in [1.807, 2.05) is 13.8 Å². The van der Waals surface area contributed by atoms with E-state index >= 15 is 0 Å². The van der Waals surface area contributed by atoms with Gasteiger partial charge in [0.1, 0.15) is 5.82 Å². The normalized spacial score (nSPS) is 11.4. The van der Waals surface area contributed by atoms with Gasteiger partial charge in [-0.2, -0.15) is 9.78 Å². The van der Waals surface area contributed by atoms with E-state index in [2.05, 4.69) is 40.7 Å². The predicted molar refractivity (Wildman–Crippen MR) is 102 cm³/mol. The van der Waals surface area contributed by atoms with Gasteiger partial charge in [-0.15, -0.1) is 5.10 Å². The fourth-order valence-electron chi connectivity index (χ4n) is 2.59. The molecule has 0 aliphatic heterocycles. The number of hydrogen-bond donors (Lipinski definition) is 2. The number of nitrogens with two attached hydrogens (primary N) is 1. The maximum atomic E-state index is 13.2. The van der Waals surface area contributed by atoms with Gasteiger partial charge in [-0.3, -0.25) is 9.69 Å². The quantitative estimate of drug-likeness (QED) is 0.420. The Balaban J connectivity index is 1.86. The van der Waals surface area contributed by atoms with Crippen LogP contribution >= 0.6 is 0 Å². The van der Waals surface area contributed by atoms with Crippen molar-refractivity contribution in [2.75, 3.05) is 18.8 Å². The number of anilines is 1. The lowest BCUT2D eigenvalue weighted by molar-refractivity contribution is 0.0948. The van der Waals surface area contributed by atoms with Gasteiger partial charge in [0.15, 0.2) is 5.69 Å². The van der Waals surface area contributed by atoms with Crippen molar-refractivity contribution in [2.45, 2.75) is 20.4 Å². The first-order chi connectivity index (χ1) is 14.0. The van der Waals surface area contributed by atoms with E-state index in [1.165, 1.54) is 23.0 Å². The molecule has 3 aromatic rings. The smallest absolute Gasteiger partial charge is 0.293 e. The minimum absolute atomic E-state index is 0.0202. The van der Waals surface area contributed by atoms with Crippen LogP contribution < -0.4 is 11.2 Å². The average Bonchev–Trinajstić information content (AvgIpc) is 3.31. The van der Waals surface area contributed by atoms with Gasteiger partial charge in [0, 0.05) is 6.54 Å². The summed E-state index contributed by atoms with van der Waals surface area (Å²) in [4.78, 5) is 14.7. The summed E-state index contributed by atoms with van der Waals surface area (Å²) in [5.41, 5.74) is 9.13. The largest absolute Gasteiger partial charge is 0.378 e. The van der Waals surface area contributed by atoms with Gasteiger partial charge < -0.3 is 5.73 Å². The van der Waals surface area contributed by atoms with E-state index in [1.54, 1.807) is 12.1 Å². The molecule has 1 aromatic carbocycles. The summed E-state index contributed by atoms with van der Waals surface area (Å²) in [5.74, 6) is -0.821. The molecule has 1 amide bonds. The zero-order valence-corrected chi connectivity index (χ0v) is 15.9. The lowest BCUT2D eigenvalue weighted by Crippen LogP contribution is -2.27. The summed E-state index contributed by atoms with van der Waals surface area (Å²) in [7, 11) is 0. The lowest BCUT2D eigenvalue weighted by Gasteiger charge is -2.18. The summed E-state index contributed by atoms with van der Waals surface area (Å²) in [6, 6.07) is 5.81. The molecule has 0 bridgehead atoms. The van der Waals surface area contributed by atoms with E-state index in [4.69, 9.17) is 5.73 Å². The average molecular weight is 401 g/mol. The first kappa shape index (κ1) is 20.1. The molecule has 12 heteroatoms. The van der Waals surface area contributed by atoms with Gasteiger partial charge >= 0.3 is 0 Å². The molecule has 0 aliphatic carbocycles. The van der Waals surface area contributed by atoms with Crippen molar-refractivity contribution < 1.29 is 13.8 Å². The number of amides is 1. The third kappa shape index (κ3) is 4.60. The molecule has 0 aliphatic rings. The molecule has 0 radical (unpaired) electrons. The number of hydrazone groups is 1. The second-order valence-corrected chi connectivity index (χ2v) is 5.99. The van der Waals surface area contributed by atoms with Crippen molar-refractivity contribution in [3.63, 3.8) is 0 Å². The van der Waals surface area contributed by atoms with Crippen LogP contribution in [0.1, 0.15) is 35.6 Å². The topological polar surface area (TPSA) is 140 Å². The van der Waals surface area contributed by atoms with E-state index in [0.717, 1.165) is 13.1 Å². The zero-order chi connectivity index (χ0) is 20.8. The van der Waals surface area contributed by atoms with Crippen molar-refractivity contribution in [1.29, 1.82) is 0 Å².